The number of nitrogens with one attached hydrogen (secondary N) is 1. The molecule has 2 aliphatic heterocycles. The monoisotopic (exact) mass is 464 g/mol. The molecule has 1 unspecified atom stereocenters. The quantitative estimate of drug-likeness (QED) is 0.394. The van der Waals surface area contributed by atoms with Gasteiger partial charge in [-0.2, -0.15) is 0 Å². The second kappa shape index (κ2) is 9.39. The zero-order chi connectivity index (χ0) is 17.0. The zero-order valence-corrected chi connectivity index (χ0v) is 18.0. The second-order valence-electron chi connectivity index (χ2n) is 7.82. The van der Waals surface area contributed by atoms with Crippen LogP contribution in [-0.2, 0) is 9.53 Å². The number of hydrogen-bond acceptors (Lipinski definition) is 3. The molecule has 2 saturated heterocycles. The first kappa shape index (κ1) is 20.7. The Bertz CT molecular complexity index is 472. The number of aliphatic imine (C=N–C) groups is 1. The number of halogens is 1. The lowest BCUT2D eigenvalue weighted by molar-refractivity contribution is -0.127. The first-order valence-electron chi connectivity index (χ1n) is 9.43. The normalized spacial score (nSPS) is 25.3. The number of likely N-dealkylation sites (N-methyl/N-ethyl adjacent to an activating group) is 1. The van der Waals surface area contributed by atoms with Gasteiger partial charge < -0.3 is 19.9 Å². The van der Waals surface area contributed by atoms with Gasteiger partial charge in [0.25, 0.3) is 0 Å². The Labute approximate surface area is 168 Å². The van der Waals surface area contributed by atoms with Crippen LogP contribution in [-0.4, -0.2) is 74.7 Å². The van der Waals surface area contributed by atoms with Crippen molar-refractivity contribution in [2.75, 3.05) is 46.9 Å². The zero-order valence-electron chi connectivity index (χ0n) is 15.6. The molecule has 1 aliphatic carbocycles. The summed E-state index contributed by atoms with van der Waals surface area (Å²) in [6.07, 6.45) is 9.22. The molecule has 0 radical (unpaired) electrons. The van der Waals surface area contributed by atoms with Crippen LogP contribution >= 0.6 is 24.0 Å². The van der Waals surface area contributed by atoms with Crippen molar-refractivity contribution in [2.45, 2.75) is 51.0 Å². The summed E-state index contributed by atoms with van der Waals surface area (Å²) < 4.78 is 5.71. The number of ether oxygens (including phenoxy) is 1. The lowest BCUT2D eigenvalue weighted by atomic mass is 9.86. The summed E-state index contributed by atoms with van der Waals surface area (Å²) in [4.78, 5) is 20.5. The van der Waals surface area contributed by atoms with Gasteiger partial charge in [-0.15, -0.1) is 24.0 Å². The molecule has 1 amide bonds. The summed E-state index contributed by atoms with van der Waals surface area (Å²) in [5.41, 5.74) is 0.498. The van der Waals surface area contributed by atoms with Crippen LogP contribution in [0.1, 0.15) is 44.9 Å². The van der Waals surface area contributed by atoms with E-state index < -0.39 is 0 Å². The van der Waals surface area contributed by atoms with Crippen LogP contribution < -0.4 is 5.32 Å². The van der Waals surface area contributed by atoms with E-state index in [1.165, 1.54) is 32.1 Å². The maximum atomic E-state index is 11.9. The van der Waals surface area contributed by atoms with Gasteiger partial charge in [0.05, 0.1) is 6.10 Å². The fourth-order valence-electron chi connectivity index (χ4n) is 4.21. The van der Waals surface area contributed by atoms with Crippen LogP contribution in [0.2, 0.25) is 0 Å². The van der Waals surface area contributed by atoms with Crippen LogP contribution in [0.15, 0.2) is 4.99 Å². The third-order valence-corrected chi connectivity index (χ3v) is 5.78. The molecular formula is C18H33IN4O2. The van der Waals surface area contributed by atoms with Crippen molar-refractivity contribution in [2.24, 2.45) is 10.4 Å². The number of likely N-dealkylation sites (tertiary alicyclic amines) is 1. The minimum absolute atomic E-state index is 0. The number of guanidine groups is 1. The standard InChI is InChI=1S/C18H32N4O2.HI/c1-21(2)16(23)13-20-17(19-12-15-6-5-11-24-15)22-10-9-18(14-22)7-3-4-8-18;/h15H,3-14H2,1-2H3,(H,19,20);1H. The van der Waals surface area contributed by atoms with Crippen LogP contribution in [0.5, 0.6) is 0 Å². The fraction of sp³-hybridized carbons (Fsp3) is 0.889. The molecule has 6 nitrogen and oxygen atoms in total. The van der Waals surface area contributed by atoms with Crippen molar-refractivity contribution >= 4 is 35.8 Å². The van der Waals surface area contributed by atoms with Crippen molar-refractivity contribution in [1.29, 1.82) is 0 Å². The maximum Gasteiger partial charge on any atom is 0.243 e. The van der Waals surface area contributed by atoms with E-state index in [9.17, 15) is 4.79 Å². The Hall–Kier alpha value is -0.570. The van der Waals surface area contributed by atoms with E-state index in [0.717, 1.165) is 45.0 Å². The van der Waals surface area contributed by atoms with Gasteiger partial charge in [0.15, 0.2) is 5.96 Å². The van der Waals surface area contributed by atoms with Gasteiger partial charge >= 0.3 is 0 Å². The van der Waals surface area contributed by atoms with Gasteiger partial charge in [-0.1, -0.05) is 12.8 Å². The Balaban J connectivity index is 0.00000225. The van der Waals surface area contributed by atoms with Crippen molar-refractivity contribution in [3.8, 4) is 0 Å². The van der Waals surface area contributed by atoms with E-state index in [2.05, 4.69) is 15.2 Å². The van der Waals surface area contributed by atoms with Crippen molar-refractivity contribution in [3.05, 3.63) is 0 Å². The topological polar surface area (TPSA) is 57.2 Å². The first-order chi connectivity index (χ1) is 11.6. The van der Waals surface area contributed by atoms with Crippen molar-refractivity contribution < 1.29 is 9.53 Å². The predicted molar refractivity (Wildman–Crippen MR) is 110 cm³/mol. The highest BCUT2D eigenvalue weighted by Crippen LogP contribution is 2.45. The minimum Gasteiger partial charge on any atom is -0.376 e. The van der Waals surface area contributed by atoms with E-state index in [0.29, 0.717) is 5.41 Å². The molecule has 3 rings (SSSR count). The summed E-state index contributed by atoms with van der Waals surface area (Å²) in [6, 6.07) is 0. The summed E-state index contributed by atoms with van der Waals surface area (Å²) >= 11 is 0. The van der Waals surface area contributed by atoms with E-state index in [1.54, 1.807) is 19.0 Å². The largest absolute Gasteiger partial charge is 0.376 e. The fourth-order valence-corrected chi connectivity index (χ4v) is 4.21. The molecule has 3 fully saturated rings. The Morgan fingerprint density at radius 1 is 1.28 bits per heavy atom. The van der Waals surface area contributed by atoms with Gasteiger partial charge in [-0.3, -0.25) is 4.79 Å². The van der Waals surface area contributed by atoms with E-state index in [-0.39, 0.29) is 42.5 Å². The number of carbonyl (C=O) groups is 1. The van der Waals surface area contributed by atoms with E-state index in [1.807, 2.05) is 0 Å². The van der Waals surface area contributed by atoms with Crippen LogP contribution in [0.4, 0.5) is 0 Å². The molecule has 1 saturated carbocycles. The number of carbonyl (C=O) groups excluding carboxylic acids is 1. The van der Waals surface area contributed by atoms with E-state index >= 15 is 0 Å². The minimum atomic E-state index is 0. The lowest BCUT2D eigenvalue weighted by Gasteiger charge is -2.27. The Kier molecular flexibility index (Phi) is 7.79. The predicted octanol–water partition coefficient (Wildman–Crippen LogP) is 2.08. The molecule has 1 atom stereocenters. The molecule has 7 heteroatoms. The highest BCUT2D eigenvalue weighted by atomic mass is 127. The van der Waals surface area contributed by atoms with Gasteiger partial charge in [0.1, 0.15) is 6.54 Å². The maximum absolute atomic E-state index is 11.9. The second-order valence-corrected chi connectivity index (χ2v) is 7.82. The van der Waals surface area contributed by atoms with E-state index in [4.69, 9.17) is 4.74 Å². The molecule has 0 aromatic carbocycles. The Morgan fingerprint density at radius 3 is 2.68 bits per heavy atom. The average molecular weight is 464 g/mol. The number of hydrogen-bond donors (Lipinski definition) is 1. The smallest absolute Gasteiger partial charge is 0.243 e. The van der Waals surface area contributed by atoms with Crippen molar-refractivity contribution in [1.82, 2.24) is 15.1 Å². The van der Waals surface area contributed by atoms with Gasteiger partial charge in [0.2, 0.25) is 5.91 Å². The molecule has 2 heterocycles. The Morgan fingerprint density at radius 2 is 2.04 bits per heavy atom. The van der Waals surface area contributed by atoms with Crippen LogP contribution in [0.25, 0.3) is 0 Å². The number of rotatable bonds is 4. The lowest BCUT2D eigenvalue weighted by Crippen LogP contribution is -2.44. The summed E-state index contributed by atoms with van der Waals surface area (Å²) in [5.74, 6) is 0.936. The highest BCUT2D eigenvalue weighted by molar-refractivity contribution is 14.0. The third-order valence-electron chi connectivity index (χ3n) is 5.78. The summed E-state index contributed by atoms with van der Waals surface area (Å²) in [7, 11) is 3.56. The van der Waals surface area contributed by atoms with Crippen LogP contribution in [0, 0.1) is 5.41 Å². The highest BCUT2D eigenvalue weighted by Gasteiger charge is 2.41. The van der Waals surface area contributed by atoms with Gasteiger partial charge in [-0.05, 0) is 37.5 Å². The third kappa shape index (κ3) is 5.45. The molecule has 3 aliphatic rings. The summed E-state index contributed by atoms with van der Waals surface area (Å²) in [5, 5.41) is 3.48. The molecule has 144 valence electrons. The van der Waals surface area contributed by atoms with Crippen LogP contribution in [0.3, 0.4) is 0 Å². The molecular weight excluding hydrogens is 431 g/mol. The van der Waals surface area contributed by atoms with Gasteiger partial charge in [0, 0.05) is 40.3 Å². The molecule has 25 heavy (non-hydrogen) atoms. The molecule has 0 aromatic rings. The molecule has 0 bridgehead atoms. The first-order valence-corrected chi connectivity index (χ1v) is 9.43. The summed E-state index contributed by atoms with van der Waals surface area (Å²) in [6.45, 7) is 4.00. The SMILES string of the molecule is CN(C)C(=O)CN=C(NCC1CCCO1)N1CCC2(CCCC2)C1.I. The van der Waals surface area contributed by atoms with Gasteiger partial charge in [-0.25, -0.2) is 4.99 Å². The molecule has 0 aromatic heterocycles. The average Bonchev–Trinajstić information content (AvgIpc) is 3.31. The number of amides is 1. The van der Waals surface area contributed by atoms with Crippen molar-refractivity contribution in [3.63, 3.8) is 0 Å². The number of nitrogens with zero attached hydrogens (tertiary/aromatic N) is 3. The molecule has 1 N–H and O–H groups in total. The molecule has 1 spiro atoms.